The maximum Gasteiger partial charge on any atom is 0.335 e. The largest absolute Gasteiger partial charge is 0.478 e. The molecule has 1 rings (SSSR count). The van der Waals surface area contributed by atoms with E-state index in [1.807, 2.05) is 0 Å². The number of hydrogen-bond acceptors (Lipinski definition) is 1. The van der Waals surface area contributed by atoms with Crippen molar-refractivity contribution in [1.29, 1.82) is 0 Å². The van der Waals surface area contributed by atoms with E-state index in [0.29, 0.717) is 5.56 Å². The Hall–Kier alpha value is -1.31. The number of unbranched alkanes of at least 4 members (excludes halogenated alkanes) is 9. The van der Waals surface area contributed by atoms with Gasteiger partial charge in [0, 0.05) is 0 Å². The molecular formula is C19H32O2. The third-order valence-electron chi connectivity index (χ3n) is 3.48. The van der Waals surface area contributed by atoms with Crippen molar-refractivity contribution < 1.29 is 9.90 Å². The SMILES string of the molecule is CCCCCCCCCCCC.O=C(O)c1ccccc1. The molecule has 1 N–H and O–H groups in total. The van der Waals surface area contributed by atoms with Gasteiger partial charge in [-0.2, -0.15) is 0 Å². The molecule has 0 aliphatic heterocycles. The summed E-state index contributed by atoms with van der Waals surface area (Å²) in [5.41, 5.74) is 0.331. The van der Waals surface area contributed by atoms with Crippen LogP contribution in [0.4, 0.5) is 0 Å². The Morgan fingerprint density at radius 3 is 1.43 bits per heavy atom. The highest BCUT2D eigenvalue weighted by Crippen LogP contribution is 2.09. The van der Waals surface area contributed by atoms with Gasteiger partial charge in [-0.05, 0) is 12.1 Å². The Balaban J connectivity index is 0.000000394. The first-order valence-corrected chi connectivity index (χ1v) is 8.50. The van der Waals surface area contributed by atoms with Crippen LogP contribution < -0.4 is 0 Å². The van der Waals surface area contributed by atoms with Gasteiger partial charge in [-0.1, -0.05) is 96.3 Å². The molecule has 0 amide bonds. The zero-order valence-corrected chi connectivity index (χ0v) is 13.8. The fourth-order valence-corrected chi connectivity index (χ4v) is 2.14. The van der Waals surface area contributed by atoms with E-state index in [1.165, 1.54) is 64.2 Å². The van der Waals surface area contributed by atoms with Crippen LogP contribution in [0.25, 0.3) is 0 Å². The zero-order valence-electron chi connectivity index (χ0n) is 13.8. The van der Waals surface area contributed by atoms with Gasteiger partial charge in [-0.25, -0.2) is 4.79 Å². The summed E-state index contributed by atoms with van der Waals surface area (Å²) >= 11 is 0. The minimum atomic E-state index is -0.879. The van der Waals surface area contributed by atoms with Crippen molar-refractivity contribution in [3.63, 3.8) is 0 Å². The summed E-state index contributed by atoms with van der Waals surface area (Å²) < 4.78 is 0. The van der Waals surface area contributed by atoms with E-state index in [1.54, 1.807) is 30.3 Å². The molecule has 1 aromatic carbocycles. The summed E-state index contributed by atoms with van der Waals surface area (Å²) in [6.07, 6.45) is 14.4. The predicted molar refractivity (Wildman–Crippen MR) is 90.9 cm³/mol. The Kier molecular flexibility index (Phi) is 14.1. The van der Waals surface area contributed by atoms with Crippen molar-refractivity contribution >= 4 is 5.97 Å². The molecule has 120 valence electrons. The molecule has 0 radical (unpaired) electrons. The van der Waals surface area contributed by atoms with Crippen LogP contribution in [0.1, 0.15) is 88.4 Å². The molecule has 0 spiro atoms. The van der Waals surface area contributed by atoms with E-state index in [4.69, 9.17) is 5.11 Å². The van der Waals surface area contributed by atoms with Crippen LogP contribution in [0.5, 0.6) is 0 Å². The quantitative estimate of drug-likeness (QED) is 0.513. The van der Waals surface area contributed by atoms with E-state index in [-0.39, 0.29) is 0 Å². The van der Waals surface area contributed by atoms with Gasteiger partial charge >= 0.3 is 5.97 Å². The molecular weight excluding hydrogens is 260 g/mol. The third-order valence-corrected chi connectivity index (χ3v) is 3.48. The maximum atomic E-state index is 10.2. The van der Waals surface area contributed by atoms with E-state index in [0.717, 1.165) is 0 Å². The number of aromatic carboxylic acids is 1. The summed E-state index contributed by atoms with van der Waals surface area (Å²) in [5, 5.41) is 8.38. The van der Waals surface area contributed by atoms with Crippen LogP contribution in [-0.2, 0) is 0 Å². The fraction of sp³-hybridized carbons (Fsp3) is 0.632. The molecule has 0 atom stereocenters. The first-order chi connectivity index (χ1) is 10.2. The lowest BCUT2D eigenvalue weighted by Crippen LogP contribution is -1.93. The number of carboxylic acid groups (broad SMARTS) is 1. The first kappa shape index (κ1) is 19.7. The van der Waals surface area contributed by atoms with Crippen molar-refractivity contribution in [1.82, 2.24) is 0 Å². The molecule has 0 unspecified atom stereocenters. The van der Waals surface area contributed by atoms with Crippen LogP contribution in [-0.4, -0.2) is 11.1 Å². The van der Waals surface area contributed by atoms with Gasteiger partial charge in [0.25, 0.3) is 0 Å². The Morgan fingerprint density at radius 2 is 1.14 bits per heavy atom. The Bertz CT molecular complexity index is 323. The van der Waals surface area contributed by atoms with Gasteiger partial charge < -0.3 is 5.11 Å². The van der Waals surface area contributed by atoms with Gasteiger partial charge in [0.15, 0.2) is 0 Å². The van der Waals surface area contributed by atoms with Crippen molar-refractivity contribution in [2.45, 2.75) is 78.1 Å². The minimum absolute atomic E-state index is 0.331. The van der Waals surface area contributed by atoms with Crippen LogP contribution >= 0.6 is 0 Å². The van der Waals surface area contributed by atoms with E-state index in [9.17, 15) is 4.79 Å². The molecule has 0 saturated heterocycles. The second kappa shape index (κ2) is 15.1. The lowest BCUT2D eigenvalue weighted by molar-refractivity contribution is 0.0697. The Morgan fingerprint density at radius 1 is 0.762 bits per heavy atom. The highest BCUT2D eigenvalue weighted by molar-refractivity contribution is 5.87. The second-order valence-corrected chi connectivity index (χ2v) is 5.50. The summed E-state index contributed by atoms with van der Waals surface area (Å²) in [5.74, 6) is -0.879. The normalized spacial score (nSPS) is 9.81. The second-order valence-electron chi connectivity index (χ2n) is 5.50. The third kappa shape index (κ3) is 13.4. The highest BCUT2D eigenvalue weighted by Gasteiger charge is 1.96. The molecule has 0 aliphatic rings. The summed E-state index contributed by atoms with van der Waals surface area (Å²) in [4.78, 5) is 10.2. The lowest BCUT2D eigenvalue weighted by atomic mass is 10.1. The molecule has 0 fully saturated rings. The molecule has 0 saturated carbocycles. The van der Waals surface area contributed by atoms with Crippen molar-refractivity contribution in [2.24, 2.45) is 0 Å². The molecule has 0 heterocycles. The van der Waals surface area contributed by atoms with E-state index < -0.39 is 5.97 Å². The van der Waals surface area contributed by atoms with Crippen LogP contribution in [0, 0.1) is 0 Å². The lowest BCUT2D eigenvalue weighted by Gasteiger charge is -1.99. The molecule has 21 heavy (non-hydrogen) atoms. The monoisotopic (exact) mass is 292 g/mol. The molecule has 0 aliphatic carbocycles. The molecule has 2 nitrogen and oxygen atoms in total. The van der Waals surface area contributed by atoms with E-state index in [2.05, 4.69) is 13.8 Å². The summed E-state index contributed by atoms with van der Waals surface area (Å²) in [6.45, 7) is 4.56. The Labute approximate surface area is 130 Å². The standard InChI is InChI=1S/C12H26.C7H6O2/c1-3-5-7-9-11-12-10-8-6-4-2;8-7(9)6-4-2-1-3-5-6/h3-12H2,1-2H3;1-5H,(H,8,9). The summed E-state index contributed by atoms with van der Waals surface area (Å²) in [7, 11) is 0. The van der Waals surface area contributed by atoms with Gasteiger partial charge in [0.05, 0.1) is 5.56 Å². The number of carbonyl (C=O) groups is 1. The van der Waals surface area contributed by atoms with Gasteiger partial charge in [-0.15, -0.1) is 0 Å². The molecule has 2 heteroatoms. The smallest absolute Gasteiger partial charge is 0.335 e. The highest BCUT2D eigenvalue weighted by atomic mass is 16.4. The molecule has 0 bridgehead atoms. The number of carboxylic acids is 1. The maximum absolute atomic E-state index is 10.2. The van der Waals surface area contributed by atoms with Gasteiger partial charge in [-0.3, -0.25) is 0 Å². The summed E-state index contributed by atoms with van der Waals surface area (Å²) in [6, 6.07) is 8.30. The fourth-order valence-electron chi connectivity index (χ4n) is 2.14. The average Bonchev–Trinajstić information content (AvgIpc) is 2.51. The van der Waals surface area contributed by atoms with Crippen LogP contribution in [0.2, 0.25) is 0 Å². The molecule has 0 aromatic heterocycles. The predicted octanol–water partition coefficient (Wildman–Crippen LogP) is 6.31. The molecule has 1 aromatic rings. The number of benzene rings is 1. The number of rotatable bonds is 10. The van der Waals surface area contributed by atoms with Crippen LogP contribution in [0.3, 0.4) is 0 Å². The zero-order chi connectivity index (χ0) is 15.8. The van der Waals surface area contributed by atoms with Crippen molar-refractivity contribution in [3.05, 3.63) is 35.9 Å². The first-order valence-electron chi connectivity index (χ1n) is 8.50. The van der Waals surface area contributed by atoms with E-state index >= 15 is 0 Å². The van der Waals surface area contributed by atoms with Crippen molar-refractivity contribution in [2.75, 3.05) is 0 Å². The van der Waals surface area contributed by atoms with Crippen LogP contribution in [0.15, 0.2) is 30.3 Å². The average molecular weight is 292 g/mol. The van der Waals surface area contributed by atoms with Gasteiger partial charge in [0.1, 0.15) is 0 Å². The minimum Gasteiger partial charge on any atom is -0.478 e. The van der Waals surface area contributed by atoms with Crippen molar-refractivity contribution in [3.8, 4) is 0 Å². The van der Waals surface area contributed by atoms with Gasteiger partial charge in [0.2, 0.25) is 0 Å². The number of hydrogen-bond donors (Lipinski definition) is 1. The topological polar surface area (TPSA) is 37.3 Å².